The SMILES string of the molecule is NCc1ccc(Cn2ncc3ccccc32)s1. The Labute approximate surface area is 103 Å². The second kappa shape index (κ2) is 4.31. The quantitative estimate of drug-likeness (QED) is 0.768. The molecule has 3 nitrogen and oxygen atoms in total. The van der Waals surface area contributed by atoms with Crippen LogP contribution in [0.4, 0.5) is 0 Å². The normalized spacial score (nSPS) is 11.1. The molecule has 86 valence electrons. The van der Waals surface area contributed by atoms with Crippen molar-refractivity contribution in [2.24, 2.45) is 5.73 Å². The molecular formula is C13H13N3S. The van der Waals surface area contributed by atoms with Crippen molar-refractivity contribution in [3.8, 4) is 0 Å². The van der Waals surface area contributed by atoms with Gasteiger partial charge in [-0.05, 0) is 18.2 Å². The van der Waals surface area contributed by atoms with E-state index < -0.39 is 0 Å². The Kier molecular flexibility index (Phi) is 2.66. The van der Waals surface area contributed by atoms with Crippen LogP contribution in [0.3, 0.4) is 0 Å². The molecule has 17 heavy (non-hydrogen) atoms. The van der Waals surface area contributed by atoms with Crippen LogP contribution in [0.25, 0.3) is 10.9 Å². The van der Waals surface area contributed by atoms with Gasteiger partial charge in [-0.25, -0.2) is 0 Å². The molecule has 0 bridgehead atoms. The number of hydrogen-bond acceptors (Lipinski definition) is 3. The highest BCUT2D eigenvalue weighted by Gasteiger charge is 2.04. The number of thiophene rings is 1. The molecule has 0 saturated carbocycles. The summed E-state index contributed by atoms with van der Waals surface area (Å²) in [6, 6.07) is 12.5. The molecule has 0 fully saturated rings. The highest BCUT2D eigenvalue weighted by atomic mass is 32.1. The van der Waals surface area contributed by atoms with Crippen molar-refractivity contribution < 1.29 is 0 Å². The molecule has 0 spiro atoms. The Hall–Kier alpha value is -1.65. The van der Waals surface area contributed by atoms with E-state index in [-0.39, 0.29) is 0 Å². The van der Waals surface area contributed by atoms with Gasteiger partial charge in [0.15, 0.2) is 0 Å². The van der Waals surface area contributed by atoms with Gasteiger partial charge in [0, 0.05) is 21.7 Å². The molecule has 1 aromatic carbocycles. The monoisotopic (exact) mass is 243 g/mol. The standard InChI is InChI=1S/C13H13N3S/c14-7-11-5-6-12(17-11)9-16-13-4-2-1-3-10(13)8-15-16/h1-6,8H,7,9,14H2. The van der Waals surface area contributed by atoms with Crippen LogP contribution < -0.4 is 5.73 Å². The minimum atomic E-state index is 0.616. The molecule has 2 aromatic heterocycles. The van der Waals surface area contributed by atoms with E-state index in [1.165, 1.54) is 20.7 Å². The highest BCUT2D eigenvalue weighted by Crippen LogP contribution is 2.19. The lowest BCUT2D eigenvalue weighted by Crippen LogP contribution is -1.99. The number of rotatable bonds is 3. The Morgan fingerprint density at radius 2 is 1.94 bits per heavy atom. The predicted octanol–water partition coefficient (Wildman–Crippen LogP) is 2.60. The minimum absolute atomic E-state index is 0.616. The molecule has 4 heteroatoms. The topological polar surface area (TPSA) is 43.8 Å². The minimum Gasteiger partial charge on any atom is -0.326 e. The predicted molar refractivity (Wildman–Crippen MR) is 71.0 cm³/mol. The summed E-state index contributed by atoms with van der Waals surface area (Å²) in [7, 11) is 0. The molecular weight excluding hydrogens is 230 g/mol. The van der Waals surface area contributed by atoms with E-state index in [0.29, 0.717) is 6.54 Å². The largest absolute Gasteiger partial charge is 0.326 e. The first-order valence-electron chi connectivity index (χ1n) is 5.55. The summed E-state index contributed by atoms with van der Waals surface area (Å²) in [5, 5.41) is 5.60. The van der Waals surface area contributed by atoms with Crippen LogP contribution in [0.15, 0.2) is 42.6 Å². The van der Waals surface area contributed by atoms with Crippen molar-refractivity contribution in [1.29, 1.82) is 0 Å². The number of fused-ring (bicyclic) bond motifs is 1. The summed E-state index contributed by atoms with van der Waals surface area (Å²) < 4.78 is 2.03. The first-order chi connectivity index (χ1) is 8.36. The van der Waals surface area contributed by atoms with Crippen molar-refractivity contribution in [3.05, 3.63) is 52.3 Å². The molecule has 3 rings (SSSR count). The van der Waals surface area contributed by atoms with E-state index >= 15 is 0 Å². The van der Waals surface area contributed by atoms with E-state index in [1.807, 2.05) is 23.0 Å². The molecule has 0 atom stereocenters. The molecule has 2 heterocycles. The third-order valence-electron chi connectivity index (χ3n) is 2.78. The fraction of sp³-hybridized carbons (Fsp3) is 0.154. The Balaban J connectivity index is 1.94. The number of aromatic nitrogens is 2. The molecule has 2 N–H and O–H groups in total. The van der Waals surface area contributed by atoms with E-state index in [0.717, 1.165) is 6.54 Å². The smallest absolute Gasteiger partial charge is 0.0759 e. The van der Waals surface area contributed by atoms with Crippen LogP contribution in [0.5, 0.6) is 0 Å². The van der Waals surface area contributed by atoms with Gasteiger partial charge in [0.1, 0.15) is 0 Å². The van der Waals surface area contributed by atoms with Gasteiger partial charge in [0.25, 0.3) is 0 Å². The molecule has 0 aliphatic rings. The zero-order valence-electron chi connectivity index (χ0n) is 9.34. The maximum atomic E-state index is 5.62. The van der Waals surface area contributed by atoms with Gasteiger partial charge in [-0.1, -0.05) is 18.2 Å². The van der Waals surface area contributed by atoms with Crippen LogP contribution >= 0.6 is 11.3 Å². The van der Waals surface area contributed by atoms with Crippen LogP contribution in [0.1, 0.15) is 9.75 Å². The third-order valence-corrected chi connectivity index (χ3v) is 3.87. The summed E-state index contributed by atoms with van der Waals surface area (Å²) in [6.07, 6.45) is 1.91. The summed E-state index contributed by atoms with van der Waals surface area (Å²) in [6.45, 7) is 1.43. The van der Waals surface area contributed by atoms with Gasteiger partial charge in [-0.2, -0.15) is 5.10 Å². The molecule has 0 aliphatic heterocycles. The van der Waals surface area contributed by atoms with Crippen molar-refractivity contribution in [2.45, 2.75) is 13.1 Å². The van der Waals surface area contributed by atoms with Gasteiger partial charge >= 0.3 is 0 Å². The van der Waals surface area contributed by atoms with Crippen LogP contribution in [-0.4, -0.2) is 9.78 Å². The maximum Gasteiger partial charge on any atom is 0.0759 e. The molecule has 0 aliphatic carbocycles. The molecule has 0 unspecified atom stereocenters. The fourth-order valence-electron chi connectivity index (χ4n) is 1.92. The average Bonchev–Trinajstić information content (AvgIpc) is 2.97. The molecule has 0 saturated heterocycles. The zero-order chi connectivity index (χ0) is 11.7. The van der Waals surface area contributed by atoms with Gasteiger partial charge < -0.3 is 5.73 Å². The Morgan fingerprint density at radius 3 is 2.76 bits per heavy atom. The number of nitrogens with zero attached hydrogens (tertiary/aromatic N) is 2. The van der Waals surface area contributed by atoms with Gasteiger partial charge in [0.05, 0.1) is 18.3 Å². The maximum absolute atomic E-state index is 5.62. The molecule has 3 aromatic rings. The third kappa shape index (κ3) is 1.97. The van der Waals surface area contributed by atoms with E-state index in [1.54, 1.807) is 11.3 Å². The lowest BCUT2D eigenvalue weighted by molar-refractivity contribution is 0.720. The summed E-state index contributed by atoms with van der Waals surface area (Å²) in [5.74, 6) is 0. The van der Waals surface area contributed by atoms with Crippen molar-refractivity contribution in [2.75, 3.05) is 0 Å². The van der Waals surface area contributed by atoms with Crippen LogP contribution in [0, 0.1) is 0 Å². The first kappa shape index (κ1) is 10.5. The van der Waals surface area contributed by atoms with Gasteiger partial charge in [-0.15, -0.1) is 11.3 Å². The number of hydrogen-bond donors (Lipinski definition) is 1. The Bertz CT molecular complexity index is 639. The van der Waals surface area contributed by atoms with Crippen molar-refractivity contribution in [1.82, 2.24) is 9.78 Å². The van der Waals surface area contributed by atoms with E-state index in [4.69, 9.17) is 5.73 Å². The van der Waals surface area contributed by atoms with E-state index in [2.05, 4.69) is 29.4 Å². The fourth-order valence-corrected chi connectivity index (χ4v) is 2.80. The van der Waals surface area contributed by atoms with E-state index in [9.17, 15) is 0 Å². The second-order valence-corrected chi connectivity index (χ2v) is 5.19. The van der Waals surface area contributed by atoms with Crippen LogP contribution in [-0.2, 0) is 13.1 Å². The lowest BCUT2D eigenvalue weighted by atomic mass is 10.2. The Morgan fingerprint density at radius 1 is 1.12 bits per heavy atom. The lowest BCUT2D eigenvalue weighted by Gasteiger charge is -2.00. The van der Waals surface area contributed by atoms with Gasteiger partial charge in [0.2, 0.25) is 0 Å². The summed E-state index contributed by atoms with van der Waals surface area (Å²) >= 11 is 1.75. The van der Waals surface area contributed by atoms with Gasteiger partial charge in [-0.3, -0.25) is 4.68 Å². The molecule has 0 radical (unpaired) electrons. The van der Waals surface area contributed by atoms with Crippen LogP contribution in [0.2, 0.25) is 0 Å². The number of benzene rings is 1. The summed E-state index contributed by atoms with van der Waals surface area (Å²) in [4.78, 5) is 2.51. The molecule has 0 amide bonds. The number of para-hydroxylation sites is 1. The van der Waals surface area contributed by atoms with Crippen molar-refractivity contribution >= 4 is 22.2 Å². The average molecular weight is 243 g/mol. The summed E-state index contributed by atoms with van der Waals surface area (Å²) in [5.41, 5.74) is 6.79. The highest BCUT2D eigenvalue weighted by molar-refractivity contribution is 7.11. The zero-order valence-corrected chi connectivity index (χ0v) is 10.2. The number of nitrogens with two attached hydrogens (primary N) is 1. The van der Waals surface area contributed by atoms with Crippen molar-refractivity contribution in [3.63, 3.8) is 0 Å². The first-order valence-corrected chi connectivity index (χ1v) is 6.36. The second-order valence-electron chi connectivity index (χ2n) is 3.93.